The Hall–Kier alpha value is -2.15. The molecule has 0 fully saturated rings. The summed E-state index contributed by atoms with van der Waals surface area (Å²) in [4.78, 5) is 23.0. The van der Waals surface area contributed by atoms with Gasteiger partial charge in [-0.05, 0) is 25.1 Å². The fraction of sp³-hybridized carbons (Fsp3) is 0.357. The van der Waals surface area contributed by atoms with E-state index in [0.29, 0.717) is 16.9 Å². The molecule has 1 aromatic carbocycles. The highest BCUT2D eigenvalue weighted by Gasteiger charge is 2.18. The molecule has 18 heavy (non-hydrogen) atoms. The number of nitrogens with zero attached hydrogens (tertiary/aromatic N) is 1. The van der Waals surface area contributed by atoms with E-state index in [2.05, 4.69) is 0 Å². The fourth-order valence-corrected chi connectivity index (χ4v) is 1.76. The summed E-state index contributed by atoms with van der Waals surface area (Å²) in [5.74, 6) is -0.0927. The highest BCUT2D eigenvalue weighted by atomic mass is 16.5. The molecule has 0 aromatic heterocycles. The van der Waals surface area contributed by atoms with E-state index in [1.54, 1.807) is 19.1 Å². The maximum atomic E-state index is 12.0. The van der Waals surface area contributed by atoms with Crippen molar-refractivity contribution in [1.82, 2.24) is 0 Å². The number of carbonyl (C=O) groups is 2. The van der Waals surface area contributed by atoms with Gasteiger partial charge in [0.1, 0.15) is 17.6 Å². The Morgan fingerprint density at radius 2 is 2.11 bits per heavy atom. The molecule has 94 valence electrons. The number of ether oxygens (including phenoxy) is 1. The van der Waals surface area contributed by atoms with Gasteiger partial charge in [-0.3, -0.25) is 4.79 Å². The minimum atomic E-state index is -0.373. The first-order valence-corrected chi connectivity index (χ1v) is 5.61. The van der Waals surface area contributed by atoms with E-state index in [1.165, 1.54) is 20.1 Å². The molecule has 4 heteroatoms. The Morgan fingerprint density at radius 1 is 1.44 bits per heavy atom. The van der Waals surface area contributed by atoms with Crippen LogP contribution in [-0.2, 0) is 4.79 Å². The highest BCUT2D eigenvalue weighted by molar-refractivity contribution is 6.00. The number of hydrogen-bond donors (Lipinski definition) is 0. The van der Waals surface area contributed by atoms with Crippen molar-refractivity contribution in [3.05, 3.63) is 29.3 Å². The van der Waals surface area contributed by atoms with E-state index < -0.39 is 0 Å². The van der Waals surface area contributed by atoms with Gasteiger partial charge in [-0.2, -0.15) is 5.26 Å². The maximum absolute atomic E-state index is 12.0. The summed E-state index contributed by atoms with van der Waals surface area (Å²) in [6.45, 7) is 3.17. The lowest BCUT2D eigenvalue weighted by molar-refractivity contribution is -0.117. The van der Waals surface area contributed by atoms with Gasteiger partial charge in [0.15, 0.2) is 5.78 Å². The standard InChI is InChI=1S/C14H15NO3/c1-9(6-10(2)16)14(17)11-4-5-13(18-3)12(7-11)8-15/h4-5,7,9H,6H2,1-3H3. The number of ketones is 2. The van der Waals surface area contributed by atoms with Crippen LogP contribution in [0.5, 0.6) is 5.75 Å². The topological polar surface area (TPSA) is 67.2 Å². The van der Waals surface area contributed by atoms with Crippen LogP contribution in [0.1, 0.15) is 36.2 Å². The minimum absolute atomic E-state index is 0.0233. The van der Waals surface area contributed by atoms with Crippen LogP contribution in [0.2, 0.25) is 0 Å². The predicted octanol–water partition coefficient (Wildman–Crippen LogP) is 2.36. The second-order valence-corrected chi connectivity index (χ2v) is 4.20. The summed E-state index contributed by atoms with van der Waals surface area (Å²) in [6, 6.07) is 6.67. The molecule has 1 atom stereocenters. The van der Waals surface area contributed by atoms with Gasteiger partial charge in [-0.25, -0.2) is 0 Å². The zero-order valence-electron chi connectivity index (χ0n) is 10.7. The first-order chi connectivity index (χ1) is 8.49. The van der Waals surface area contributed by atoms with Crippen molar-refractivity contribution in [1.29, 1.82) is 5.26 Å². The lowest BCUT2D eigenvalue weighted by Crippen LogP contribution is -2.14. The normalized spacial score (nSPS) is 11.4. The summed E-state index contributed by atoms with van der Waals surface area (Å²) >= 11 is 0. The molecular formula is C14H15NO3. The molecule has 4 nitrogen and oxygen atoms in total. The van der Waals surface area contributed by atoms with Crippen molar-refractivity contribution in [2.24, 2.45) is 5.92 Å². The molecule has 0 bridgehead atoms. The second kappa shape index (κ2) is 5.97. The minimum Gasteiger partial charge on any atom is -0.495 e. The average Bonchev–Trinajstić information content (AvgIpc) is 2.36. The van der Waals surface area contributed by atoms with Crippen molar-refractivity contribution in [2.75, 3.05) is 7.11 Å². The molecule has 1 aromatic rings. The van der Waals surface area contributed by atoms with E-state index in [1.807, 2.05) is 6.07 Å². The van der Waals surface area contributed by atoms with Crippen molar-refractivity contribution >= 4 is 11.6 Å². The zero-order chi connectivity index (χ0) is 13.7. The van der Waals surface area contributed by atoms with Gasteiger partial charge >= 0.3 is 0 Å². The SMILES string of the molecule is COc1ccc(C(=O)C(C)CC(C)=O)cc1C#N. The predicted molar refractivity (Wildman–Crippen MR) is 66.5 cm³/mol. The first-order valence-electron chi connectivity index (χ1n) is 5.61. The van der Waals surface area contributed by atoms with Gasteiger partial charge in [-0.15, -0.1) is 0 Å². The van der Waals surface area contributed by atoms with Crippen molar-refractivity contribution in [2.45, 2.75) is 20.3 Å². The molecule has 0 heterocycles. The lowest BCUT2D eigenvalue weighted by Gasteiger charge is -2.10. The molecule has 1 rings (SSSR count). The van der Waals surface area contributed by atoms with Crippen LogP contribution in [-0.4, -0.2) is 18.7 Å². The lowest BCUT2D eigenvalue weighted by atomic mass is 9.94. The highest BCUT2D eigenvalue weighted by Crippen LogP contribution is 2.21. The Morgan fingerprint density at radius 3 is 2.61 bits per heavy atom. The van der Waals surface area contributed by atoms with E-state index >= 15 is 0 Å². The van der Waals surface area contributed by atoms with Crippen molar-refractivity contribution in [3.8, 4) is 11.8 Å². The van der Waals surface area contributed by atoms with E-state index in [-0.39, 0.29) is 23.9 Å². The Balaban J connectivity index is 3.01. The van der Waals surface area contributed by atoms with Gasteiger partial charge in [0.25, 0.3) is 0 Å². The molecule has 1 unspecified atom stereocenters. The molecule has 0 aliphatic carbocycles. The van der Waals surface area contributed by atoms with Crippen LogP contribution in [0.25, 0.3) is 0 Å². The third-order valence-corrected chi connectivity index (χ3v) is 2.65. The van der Waals surface area contributed by atoms with E-state index in [0.717, 1.165) is 0 Å². The van der Waals surface area contributed by atoms with Crippen LogP contribution in [0.4, 0.5) is 0 Å². The number of benzene rings is 1. The van der Waals surface area contributed by atoms with E-state index in [4.69, 9.17) is 10.00 Å². The number of methoxy groups -OCH3 is 1. The van der Waals surface area contributed by atoms with Gasteiger partial charge < -0.3 is 9.53 Å². The first kappa shape index (κ1) is 13.9. The summed E-state index contributed by atoms with van der Waals surface area (Å²) < 4.78 is 5.01. The van der Waals surface area contributed by atoms with Crippen LogP contribution in [0.15, 0.2) is 18.2 Å². The zero-order valence-corrected chi connectivity index (χ0v) is 10.7. The maximum Gasteiger partial charge on any atom is 0.166 e. The molecular weight excluding hydrogens is 230 g/mol. The van der Waals surface area contributed by atoms with Crippen molar-refractivity contribution in [3.63, 3.8) is 0 Å². The quantitative estimate of drug-likeness (QED) is 0.747. The number of carbonyl (C=O) groups excluding carboxylic acids is 2. The van der Waals surface area contributed by atoms with Crippen LogP contribution in [0.3, 0.4) is 0 Å². The number of Topliss-reactive ketones (excluding diaryl/α,β-unsaturated/α-hetero) is 2. The van der Waals surface area contributed by atoms with Gasteiger partial charge in [0, 0.05) is 17.9 Å². The number of nitriles is 1. The molecule has 0 radical (unpaired) electrons. The number of hydrogen-bond acceptors (Lipinski definition) is 4. The van der Waals surface area contributed by atoms with Gasteiger partial charge in [-0.1, -0.05) is 6.92 Å². The Kier molecular flexibility index (Phi) is 4.61. The number of rotatable bonds is 5. The summed E-state index contributed by atoms with van der Waals surface area (Å²) in [5.41, 5.74) is 0.750. The molecule has 0 saturated carbocycles. The van der Waals surface area contributed by atoms with Crippen LogP contribution in [0, 0.1) is 17.2 Å². The molecule has 0 amide bonds. The summed E-state index contributed by atoms with van der Waals surface area (Å²) in [5, 5.41) is 8.94. The average molecular weight is 245 g/mol. The summed E-state index contributed by atoms with van der Waals surface area (Å²) in [6.07, 6.45) is 0.215. The van der Waals surface area contributed by atoms with Crippen molar-refractivity contribution < 1.29 is 14.3 Å². The Bertz CT molecular complexity index is 514. The summed E-state index contributed by atoms with van der Waals surface area (Å²) in [7, 11) is 1.47. The molecule has 0 aliphatic heterocycles. The molecule has 0 N–H and O–H groups in total. The van der Waals surface area contributed by atoms with E-state index in [9.17, 15) is 9.59 Å². The second-order valence-electron chi connectivity index (χ2n) is 4.20. The molecule has 0 spiro atoms. The largest absolute Gasteiger partial charge is 0.495 e. The molecule has 0 aliphatic rings. The Labute approximate surface area is 106 Å². The fourth-order valence-electron chi connectivity index (χ4n) is 1.76. The third-order valence-electron chi connectivity index (χ3n) is 2.65. The van der Waals surface area contributed by atoms with Crippen LogP contribution >= 0.6 is 0 Å². The monoisotopic (exact) mass is 245 g/mol. The van der Waals surface area contributed by atoms with Gasteiger partial charge in [0.05, 0.1) is 12.7 Å². The van der Waals surface area contributed by atoms with Gasteiger partial charge in [0.2, 0.25) is 0 Å². The smallest absolute Gasteiger partial charge is 0.166 e. The molecule has 0 saturated heterocycles. The van der Waals surface area contributed by atoms with Crippen LogP contribution < -0.4 is 4.74 Å². The third kappa shape index (κ3) is 3.17.